The summed E-state index contributed by atoms with van der Waals surface area (Å²) in [5.74, 6) is -0.938. The van der Waals surface area contributed by atoms with Crippen LogP contribution in [-0.2, 0) is 4.84 Å². The SMILES string of the molecule is CO[NH2+]c1c(C)cccc1C(=O)O. The number of quaternary nitrogens is 1. The summed E-state index contributed by atoms with van der Waals surface area (Å²) >= 11 is 0. The lowest BCUT2D eigenvalue weighted by Gasteiger charge is -2.03. The normalized spacial score (nSPS) is 10.0. The number of benzene rings is 1. The van der Waals surface area contributed by atoms with Crippen molar-refractivity contribution in [1.29, 1.82) is 0 Å². The van der Waals surface area contributed by atoms with E-state index in [-0.39, 0.29) is 5.56 Å². The number of hydrogen-bond donors (Lipinski definition) is 2. The van der Waals surface area contributed by atoms with Crippen LogP contribution in [0.5, 0.6) is 0 Å². The topological polar surface area (TPSA) is 63.1 Å². The molecule has 0 aliphatic carbocycles. The zero-order valence-corrected chi connectivity index (χ0v) is 7.57. The number of carbonyl (C=O) groups is 1. The van der Waals surface area contributed by atoms with Crippen LogP contribution >= 0.6 is 0 Å². The van der Waals surface area contributed by atoms with Gasteiger partial charge in [0.05, 0.1) is 7.11 Å². The van der Waals surface area contributed by atoms with Crippen molar-refractivity contribution in [1.82, 2.24) is 0 Å². The molecule has 70 valence electrons. The second kappa shape index (κ2) is 4.02. The van der Waals surface area contributed by atoms with Gasteiger partial charge in [0.2, 0.25) is 0 Å². The minimum Gasteiger partial charge on any atom is -0.477 e. The largest absolute Gasteiger partial charge is 0.477 e. The van der Waals surface area contributed by atoms with Crippen LogP contribution < -0.4 is 5.48 Å². The van der Waals surface area contributed by atoms with Gasteiger partial charge in [-0.05, 0) is 13.0 Å². The third kappa shape index (κ3) is 2.05. The Balaban J connectivity index is 3.17. The summed E-state index contributed by atoms with van der Waals surface area (Å²) in [4.78, 5) is 15.6. The fourth-order valence-electron chi connectivity index (χ4n) is 1.14. The number of carboxylic acid groups (broad SMARTS) is 1. The summed E-state index contributed by atoms with van der Waals surface area (Å²) in [6.45, 7) is 1.84. The van der Waals surface area contributed by atoms with Gasteiger partial charge in [-0.25, -0.2) is 9.63 Å². The lowest BCUT2D eigenvalue weighted by atomic mass is 10.1. The predicted octanol–water partition coefficient (Wildman–Crippen LogP) is 0.450. The Kier molecular flexibility index (Phi) is 3.00. The van der Waals surface area contributed by atoms with E-state index >= 15 is 0 Å². The van der Waals surface area contributed by atoms with E-state index in [1.165, 1.54) is 12.6 Å². The van der Waals surface area contributed by atoms with Crippen molar-refractivity contribution in [2.45, 2.75) is 6.92 Å². The first-order valence-electron chi connectivity index (χ1n) is 3.85. The van der Waals surface area contributed by atoms with Crippen molar-refractivity contribution in [2.24, 2.45) is 0 Å². The van der Waals surface area contributed by atoms with Gasteiger partial charge in [-0.1, -0.05) is 12.1 Å². The minimum absolute atomic E-state index is 0.266. The molecule has 0 aromatic heterocycles. The van der Waals surface area contributed by atoms with Crippen LogP contribution in [0.4, 0.5) is 5.69 Å². The maximum absolute atomic E-state index is 10.8. The van der Waals surface area contributed by atoms with Gasteiger partial charge in [-0.3, -0.25) is 0 Å². The van der Waals surface area contributed by atoms with Crippen molar-refractivity contribution in [3.8, 4) is 0 Å². The smallest absolute Gasteiger partial charge is 0.341 e. The van der Waals surface area contributed by atoms with Crippen LogP contribution in [0.15, 0.2) is 18.2 Å². The van der Waals surface area contributed by atoms with Crippen LogP contribution in [0.2, 0.25) is 0 Å². The standard InChI is InChI=1S/C9H11NO3/c1-6-4-3-5-7(9(11)12)8(6)10-13-2/h3-5,10H,1-2H3,(H,11,12)/p+1. The molecule has 0 bridgehead atoms. The van der Waals surface area contributed by atoms with E-state index in [2.05, 4.69) is 0 Å². The quantitative estimate of drug-likeness (QED) is 0.527. The van der Waals surface area contributed by atoms with Gasteiger partial charge >= 0.3 is 5.97 Å². The minimum atomic E-state index is -0.938. The zero-order chi connectivity index (χ0) is 9.84. The highest BCUT2D eigenvalue weighted by molar-refractivity contribution is 5.92. The molecule has 0 saturated heterocycles. The van der Waals surface area contributed by atoms with E-state index in [0.717, 1.165) is 5.56 Å². The fourth-order valence-corrected chi connectivity index (χ4v) is 1.14. The third-order valence-electron chi connectivity index (χ3n) is 1.79. The molecule has 3 N–H and O–H groups in total. The number of nitrogens with two attached hydrogens (primary N) is 1. The molecule has 4 heteroatoms. The Morgan fingerprint density at radius 1 is 1.54 bits per heavy atom. The zero-order valence-electron chi connectivity index (χ0n) is 7.57. The highest BCUT2D eigenvalue weighted by atomic mass is 16.6. The van der Waals surface area contributed by atoms with Crippen molar-refractivity contribution >= 4 is 11.7 Å². The molecular formula is C9H12NO3+. The van der Waals surface area contributed by atoms with Gasteiger partial charge < -0.3 is 5.11 Å². The summed E-state index contributed by atoms with van der Waals surface area (Å²) in [7, 11) is 1.50. The van der Waals surface area contributed by atoms with Crippen molar-refractivity contribution in [3.05, 3.63) is 29.3 Å². The third-order valence-corrected chi connectivity index (χ3v) is 1.79. The van der Waals surface area contributed by atoms with Crippen LogP contribution in [0.25, 0.3) is 0 Å². The van der Waals surface area contributed by atoms with Gasteiger partial charge in [0.25, 0.3) is 0 Å². The van der Waals surface area contributed by atoms with Crippen LogP contribution in [-0.4, -0.2) is 18.2 Å². The molecule has 0 atom stereocenters. The first-order chi connectivity index (χ1) is 6.16. The molecule has 0 aliphatic rings. The van der Waals surface area contributed by atoms with E-state index in [1.54, 1.807) is 12.1 Å². The lowest BCUT2D eigenvalue weighted by molar-refractivity contribution is -0.830. The molecule has 0 unspecified atom stereocenters. The van der Waals surface area contributed by atoms with Gasteiger partial charge in [-0.2, -0.15) is 5.48 Å². The van der Waals surface area contributed by atoms with Crippen molar-refractivity contribution < 1.29 is 20.2 Å². The maximum atomic E-state index is 10.8. The number of hydrogen-bond acceptors (Lipinski definition) is 2. The van der Waals surface area contributed by atoms with Gasteiger partial charge in [0.1, 0.15) is 5.56 Å². The molecule has 13 heavy (non-hydrogen) atoms. The molecule has 0 fully saturated rings. The molecule has 1 aromatic carbocycles. The molecule has 0 amide bonds. The van der Waals surface area contributed by atoms with E-state index in [1.807, 2.05) is 13.0 Å². The van der Waals surface area contributed by atoms with Gasteiger partial charge in [0, 0.05) is 5.56 Å². The average Bonchev–Trinajstić information content (AvgIpc) is 2.08. The van der Waals surface area contributed by atoms with E-state index in [4.69, 9.17) is 9.94 Å². The fraction of sp³-hybridized carbons (Fsp3) is 0.222. The van der Waals surface area contributed by atoms with Gasteiger partial charge in [0.15, 0.2) is 5.69 Å². The summed E-state index contributed by atoms with van der Waals surface area (Å²) in [5.41, 5.74) is 3.22. The Bertz CT molecular complexity index is 323. The summed E-state index contributed by atoms with van der Waals surface area (Å²) in [5, 5.41) is 8.84. The van der Waals surface area contributed by atoms with E-state index in [9.17, 15) is 4.79 Å². The Labute approximate surface area is 76.1 Å². The monoisotopic (exact) mass is 182 g/mol. The van der Waals surface area contributed by atoms with Crippen molar-refractivity contribution in [3.63, 3.8) is 0 Å². The molecule has 1 aromatic rings. The van der Waals surface area contributed by atoms with Crippen molar-refractivity contribution in [2.75, 3.05) is 7.11 Å². The average molecular weight is 182 g/mol. The second-order valence-corrected chi connectivity index (χ2v) is 2.69. The Morgan fingerprint density at radius 3 is 2.77 bits per heavy atom. The first kappa shape index (κ1) is 9.70. The van der Waals surface area contributed by atoms with E-state index < -0.39 is 5.97 Å². The molecule has 0 saturated carbocycles. The van der Waals surface area contributed by atoms with Gasteiger partial charge in [-0.15, -0.1) is 0 Å². The Hall–Kier alpha value is -1.39. The maximum Gasteiger partial charge on any atom is 0.341 e. The van der Waals surface area contributed by atoms with E-state index in [0.29, 0.717) is 5.69 Å². The van der Waals surface area contributed by atoms with Crippen LogP contribution in [0.1, 0.15) is 15.9 Å². The summed E-state index contributed by atoms with van der Waals surface area (Å²) in [6.07, 6.45) is 0. The summed E-state index contributed by atoms with van der Waals surface area (Å²) < 4.78 is 0. The second-order valence-electron chi connectivity index (χ2n) is 2.69. The number of aryl methyl sites for hydroxylation is 1. The molecule has 0 spiro atoms. The molecule has 1 rings (SSSR count). The molecular weight excluding hydrogens is 170 g/mol. The summed E-state index contributed by atoms with van der Waals surface area (Å²) in [6, 6.07) is 5.11. The number of rotatable bonds is 3. The molecule has 0 heterocycles. The molecule has 0 radical (unpaired) electrons. The highest BCUT2D eigenvalue weighted by Crippen LogP contribution is 2.14. The predicted molar refractivity (Wildman–Crippen MR) is 46.7 cm³/mol. The number of aromatic carboxylic acids is 1. The van der Waals surface area contributed by atoms with Crippen LogP contribution in [0.3, 0.4) is 0 Å². The number of carboxylic acids is 1. The van der Waals surface area contributed by atoms with Crippen LogP contribution in [0, 0.1) is 6.92 Å². The lowest BCUT2D eigenvalue weighted by Crippen LogP contribution is -2.76. The Morgan fingerprint density at radius 2 is 2.23 bits per heavy atom. The molecule has 0 aliphatic heterocycles. The first-order valence-corrected chi connectivity index (χ1v) is 3.85. The molecule has 4 nitrogen and oxygen atoms in total. The highest BCUT2D eigenvalue weighted by Gasteiger charge is 2.15.